The van der Waals surface area contributed by atoms with Crippen LogP contribution in [0.1, 0.15) is 12.5 Å². The average Bonchev–Trinajstić information content (AvgIpc) is 3.03. The van der Waals surface area contributed by atoms with Crippen LogP contribution < -0.4 is 4.72 Å². The van der Waals surface area contributed by atoms with E-state index < -0.39 is 10.0 Å². The minimum atomic E-state index is -3.06. The molecule has 1 aromatic carbocycles. The fourth-order valence-corrected chi connectivity index (χ4v) is 2.95. The number of thiol groups is 1. The Morgan fingerprint density at radius 1 is 1.23 bits per heavy atom. The van der Waals surface area contributed by atoms with Crippen molar-refractivity contribution in [2.24, 2.45) is 0 Å². The fraction of sp³-hybridized carbons (Fsp3) is 0.556. The van der Waals surface area contributed by atoms with E-state index in [0.717, 1.165) is 13.0 Å². The van der Waals surface area contributed by atoms with Crippen LogP contribution in [0.2, 0.25) is 0 Å². The molecule has 0 aliphatic carbocycles. The van der Waals surface area contributed by atoms with E-state index in [1.165, 1.54) is 16.5 Å². The van der Waals surface area contributed by atoms with Crippen LogP contribution in [0.4, 0.5) is 0 Å². The Morgan fingerprint density at radius 2 is 1.96 bits per heavy atom. The maximum atomic E-state index is 10.9. The van der Waals surface area contributed by atoms with Crippen LogP contribution in [0.3, 0.4) is 0 Å². The summed E-state index contributed by atoms with van der Waals surface area (Å²) in [5, 5.41) is 1.36. The van der Waals surface area contributed by atoms with Gasteiger partial charge in [0.15, 0.2) is 0 Å². The molecule has 0 unspecified atom stereocenters. The van der Waals surface area contributed by atoms with Gasteiger partial charge in [-0.25, -0.2) is 13.1 Å². The molecular weight excluding hydrogens is 370 g/mol. The van der Waals surface area contributed by atoms with Crippen LogP contribution in [-0.2, 0) is 21.2 Å². The number of rotatable bonds is 10. The quantitative estimate of drug-likeness (QED) is 0.421. The van der Waals surface area contributed by atoms with Crippen molar-refractivity contribution in [1.82, 2.24) is 14.6 Å². The molecule has 0 spiro atoms. The summed E-state index contributed by atoms with van der Waals surface area (Å²) in [6.45, 7) is 3.99. The zero-order valence-corrected chi connectivity index (χ0v) is 17.6. The van der Waals surface area contributed by atoms with Crippen molar-refractivity contribution in [1.29, 1.82) is 0 Å². The molecule has 6 nitrogen and oxygen atoms in total. The van der Waals surface area contributed by atoms with Gasteiger partial charge in [-0.05, 0) is 39.1 Å². The lowest BCUT2D eigenvalue weighted by molar-refractivity contribution is 0.156. The van der Waals surface area contributed by atoms with Gasteiger partial charge in [0.2, 0.25) is 10.0 Å². The summed E-state index contributed by atoms with van der Waals surface area (Å²) in [7, 11) is 1.16. The number of likely N-dealkylation sites (N-methyl/N-ethyl adjacent to an activating group) is 1. The van der Waals surface area contributed by atoms with Gasteiger partial charge in [-0.3, -0.25) is 0 Å². The maximum absolute atomic E-state index is 10.9. The Labute approximate surface area is 162 Å². The summed E-state index contributed by atoms with van der Waals surface area (Å²) < 4.78 is 29.1. The summed E-state index contributed by atoms with van der Waals surface area (Å²) in [5.74, 6) is 0.764. The molecular formula is C18H31N3O3S2. The number of para-hydroxylation sites is 1. The first kappa shape index (κ1) is 23.0. The number of sulfonamides is 1. The van der Waals surface area contributed by atoms with Crippen molar-refractivity contribution in [3.63, 3.8) is 0 Å². The molecule has 0 amide bonds. The largest absolute Gasteiger partial charge is 0.379 e. The number of aromatic nitrogens is 1. The van der Waals surface area contributed by atoms with E-state index in [4.69, 9.17) is 4.74 Å². The highest BCUT2D eigenvalue weighted by atomic mass is 32.2. The molecule has 0 aliphatic rings. The second-order valence-corrected chi connectivity index (χ2v) is 8.59. The van der Waals surface area contributed by atoms with Gasteiger partial charge in [-0.15, -0.1) is 0 Å². The number of H-pyrrole nitrogens is 1. The first-order valence-corrected chi connectivity index (χ1v) is 11.0. The zero-order valence-electron chi connectivity index (χ0n) is 15.9. The van der Waals surface area contributed by atoms with Gasteiger partial charge in [0, 0.05) is 35.9 Å². The van der Waals surface area contributed by atoms with E-state index in [-0.39, 0.29) is 5.75 Å². The average molecular weight is 402 g/mol. The van der Waals surface area contributed by atoms with Crippen LogP contribution in [0.25, 0.3) is 10.9 Å². The molecule has 0 bridgehead atoms. The first-order valence-electron chi connectivity index (χ1n) is 8.75. The number of nitrogens with one attached hydrogen (secondary N) is 2. The molecule has 2 aromatic rings. The number of fused-ring (bicyclic) bond motifs is 1. The van der Waals surface area contributed by atoms with Gasteiger partial charge in [0.1, 0.15) is 0 Å². The molecule has 2 N–H and O–H groups in total. The van der Waals surface area contributed by atoms with E-state index in [2.05, 4.69) is 71.8 Å². The third-order valence-electron chi connectivity index (χ3n) is 3.69. The summed E-state index contributed by atoms with van der Waals surface area (Å²) >= 11 is 3.93. The third kappa shape index (κ3) is 9.05. The van der Waals surface area contributed by atoms with Crippen molar-refractivity contribution in [3.8, 4) is 0 Å². The minimum Gasteiger partial charge on any atom is -0.379 e. The van der Waals surface area contributed by atoms with E-state index in [1.54, 1.807) is 6.92 Å². The van der Waals surface area contributed by atoms with E-state index in [0.29, 0.717) is 25.5 Å². The molecule has 148 valence electrons. The highest BCUT2D eigenvalue weighted by Gasteiger charge is 2.04. The van der Waals surface area contributed by atoms with Gasteiger partial charge in [-0.2, -0.15) is 12.6 Å². The molecule has 0 aliphatic heterocycles. The fourth-order valence-electron chi connectivity index (χ4n) is 2.22. The van der Waals surface area contributed by atoms with Crippen molar-refractivity contribution in [3.05, 3.63) is 36.0 Å². The monoisotopic (exact) mass is 401 g/mol. The molecule has 1 aromatic heterocycles. The Bertz CT molecular complexity index is 730. The normalized spacial score (nSPS) is 11.6. The Hall–Kier alpha value is -1.06. The van der Waals surface area contributed by atoms with Crippen LogP contribution in [0.15, 0.2) is 30.5 Å². The second-order valence-electron chi connectivity index (χ2n) is 6.05. The van der Waals surface area contributed by atoms with E-state index in [9.17, 15) is 8.42 Å². The van der Waals surface area contributed by atoms with E-state index >= 15 is 0 Å². The van der Waals surface area contributed by atoms with Gasteiger partial charge in [-0.1, -0.05) is 18.2 Å². The van der Waals surface area contributed by atoms with E-state index in [1.807, 2.05) is 0 Å². The molecule has 0 saturated carbocycles. The molecule has 1 heterocycles. The Morgan fingerprint density at radius 3 is 2.62 bits per heavy atom. The highest BCUT2D eigenvalue weighted by molar-refractivity contribution is 7.89. The summed E-state index contributed by atoms with van der Waals surface area (Å²) in [4.78, 5) is 5.50. The van der Waals surface area contributed by atoms with Crippen LogP contribution in [0, 0.1) is 0 Å². The van der Waals surface area contributed by atoms with Crippen molar-refractivity contribution >= 4 is 33.6 Å². The third-order valence-corrected chi connectivity index (χ3v) is 5.27. The molecule has 0 radical (unpaired) electrons. The molecule has 2 rings (SSSR count). The van der Waals surface area contributed by atoms with Gasteiger partial charge in [0.05, 0.1) is 19.0 Å². The van der Waals surface area contributed by atoms with Gasteiger partial charge >= 0.3 is 0 Å². The van der Waals surface area contributed by atoms with Crippen LogP contribution in [0.5, 0.6) is 0 Å². The lowest BCUT2D eigenvalue weighted by Gasteiger charge is -2.07. The SMILES string of the molecule is CCS(=O)(=O)NCCOCCS.CN(C)CCc1c[nH]c2ccccc12. The zero-order chi connectivity index (χ0) is 19.4. The molecule has 0 fully saturated rings. The predicted octanol–water partition coefficient (Wildman–Crippen LogP) is 2.14. The Kier molecular flexibility index (Phi) is 10.9. The summed E-state index contributed by atoms with van der Waals surface area (Å²) in [5.41, 5.74) is 2.65. The van der Waals surface area contributed by atoms with Crippen LogP contribution in [-0.4, -0.2) is 70.2 Å². The topological polar surface area (TPSA) is 74.4 Å². The molecule has 26 heavy (non-hydrogen) atoms. The van der Waals surface area contributed by atoms with Gasteiger partial charge in [0.25, 0.3) is 0 Å². The van der Waals surface area contributed by atoms with Gasteiger partial charge < -0.3 is 14.6 Å². The maximum Gasteiger partial charge on any atom is 0.211 e. The standard InChI is InChI=1S/C12H16N2.C6H15NO3S2/c1-14(2)8-7-10-9-13-12-6-4-3-5-11(10)12;1-2-12(8,9)7-3-4-10-5-6-11/h3-6,9,13H,7-8H2,1-2H3;7,11H,2-6H2,1H3. The first-order chi connectivity index (χ1) is 12.4. The smallest absolute Gasteiger partial charge is 0.211 e. The minimum absolute atomic E-state index is 0.111. The van der Waals surface area contributed by atoms with Crippen molar-refractivity contribution < 1.29 is 13.2 Å². The number of nitrogens with zero attached hydrogens (tertiary/aromatic N) is 1. The molecule has 0 saturated heterocycles. The number of aromatic amines is 1. The number of hydrogen-bond donors (Lipinski definition) is 3. The summed E-state index contributed by atoms with van der Waals surface area (Å²) in [6.07, 6.45) is 3.23. The number of hydrogen-bond acceptors (Lipinski definition) is 5. The number of benzene rings is 1. The van der Waals surface area contributed by atoms with Crippen molar-refractivity contribution in [2.45, 2.75) is 13.3 Å². The van der Waals surface area contributed by atoms with Crippen molar-refractivity contribution in [2.75, 3.05) is 51.9 Å². The summed E-state index contributed by atoms with van der Waals surface area (Å²) in [6, 6.07) is 8.45. The molecule has 8 heteroatoms. The Balaban J connectivity index is 0.000000265. The molecule has 0 atom stereocenters. The highest BCUT2D eigenvalue weighted by Crippen LogP contribution is 2.17. The predicted molar refractivity (Wildman–Crippen MR) is 113 cm³/mol. The number of ether oxygens (including phenoxy) is 1. The van der Waals surface area contributed by atoms with Crippen LogP contribution >= 0.6 is 12.6 Å². The lowest BCUT2D eigenvalue weighted by atomic mass is 10.1. The lowest BCUT2D eigenvalue weighted by Crippen LogP contribution is -2.28. The second kappa shape index (κ2) is 12.3.